The number of carbonyl (C=O) groups excluding carboxylic acids is 2. The van der Waals surface area contributed by atoms with Gasteiger partial charge in [-0.25, -0.2) is 0 Å². The smallest absolute Gasteiger partial charge is 0.256 e. The minimum atomic E-state index is -0.894. The zero-order valence-electron chi connectivity index (χ0n) is 22.9. The van der Waals surface area contributed by atoms with Crippen molar-refractivity contribution in [2.75, 3.05) is 27.2 Å². The predicted molar refractivity (Wildman–Crippen MR) is 148 cm³/mol. The molecular weight excluding hydrogens is 523 g/mol. The van der Waals surface area contributed by atoms with Gasteiger partial charge in [0.2, 0.25) is 0 Å². The van der Waals surface area contributed by atoms with Crippen LogP contribution in [0.25, 0.3) is 0 Å². The molecule has 8 heteroatoms. The second-order valence-corrected chi connectivity index (χ2v) is 13.2. The predicted octanol–water partition coefficient (Wildman–Crippen LogP) is 6.37. The highest BCUT2D eigenvalue weighted by Crippen LogP contribution is 2.64. The molecule has 0 N–H and O–H groups in total. The zero-order valence-corrected chi connectivity index (χ0v) is 24.4. The monoisotopic (exact) mass is 558 g/mol. The molecule has 0 aromatic heterocycles. The minimum Gasteiger partial charge on any atom is -0.446 e. The lowest BCUT2D eigenvalue weighted by Crippen LogP contribution is -2.62. The molecule has 0 saturated heterocycles. The molecule has 4 aliphatic carbocycles. The Bertz CT molecular complexity index is 1310. The van der Waals surface area contributed by atoms with E-state index in [0.29, 0.717) is 52.6 Å². The minimum absolute atomic E-state index is 0.0733. The summed E-state index contributed by atoms with van der Waals surface area (Å²) in [4.78, 5) is 30.6. The van der Waals surface area contributed by atoms with E-state index in [9.17, 15) is 9.59 Å². The third kappa shape index (κ3) is 3.62. The van der Waals surface area contributed by atoms with Gasteiger partial charge < -0.3 is 19.3 Å². The second-order valence-electron chi connectivity index (χ2n) is 12.4. The number of fused-ring (bicyclic) bond motifs is 5. The summed E-state index contributed by atoms with van der Waals surface area (Å²) in [6.07, 6.45) is 9.30. The van der Waals surface area contributed by atoms with Crippen LogP contribution in [0.1, 0.15) is 81.6 Å². The quantitative estimate of drug-likeness (QED) is 0.429. The number of Topliss-reactive ketones (excluding diaryl/α,β-unsaturated/α-hetero) is 1. The molecule has 2 heterocycles. The molecule has 1 aromatic carbocycles. The van der Waals surface area contributed by atoms with Crippen LogP contribution in [0.15, 0.2) is 22.8 Å². The number of ketones is 1. The third-order valence-corrected chi connectivity index (χ3v) is 11.1. The number of hydrogen-bond donors (Lipinski definition) is 0. The molecule has 1 atom stereocenters. The van der Waals surface area contributed by atoms with Gasteiger partial charge in [0.1, 0.15) is 0 Å². The van der Waals surface area contributed by atoms with Gasteiger partial charge in [0.05, 0.1) is 15.6 Å². The molecule has 1 aromatic rings. The second kappa shape index (κ2) is 8.74. The lowest BCUT2D eigenvalue weighted by Gasteiger charge is -2.59. The zero-order chi connectivity index (χ0) is 27.2. The van der Waals surface area contributed by atoms with E-state index in [-0.39, 0.29) is 34.2 Å². The van der Waals surface area contributed by atoms with Crippen molar-refractivity contribution in [1.82, 2.24) is 9.80 Å². The maximum absolute atomic E-state index is 13.8. The Morgan fingerprint density at radius 2 is 1.58 bits per heavy atom. The highest BCUT2D eigenvalue weighted by molar-refractivity contribution is 6.39. The lowest BCUT2D eigenvalue weighted by molar-refractivity contribution is -0.211. The highest BCUT2D eigenvalue weighted by Gasteiger charge is 2.63. The Morgan fingerprint density at radius 3 is 2.16 bits per heavy atom. The Labute approximate surface area is 234 Å². The average molecular weight is 560 g/mol. The molecule has 2 aliphatic heterocycles. The largest absolute Gasteiger partial charge is 0.446 e. The molecule has 38 heavy (non-hydrogen) atoms. The van der Waals surface area contributed by atoms with E-state index in [1.807, 2.05) is 26.8 Å². The van der Waals surface area contributed by atoms with Gasteiger partial charge >= 0.3 is 0 Å². The summed E-state index contributed by atoms with van der Waals surface area (Å²) in [6, 6.07) is 0. The van der Waals surface area contributed by atoms with Gasteiger partial charge in [0, 0.05) is 43.0 Å². The Balaban J connectivity index is 1.31. The maximum atomic E-state index is 13.8. The number of nitrogens with zero attached hydrogens (tertiary/aromatic N) is 2. The van der Waals surface area contributed by atoms with Gasteiger partial charge in [-0.05, 0) is 84.0 Å². The third-order valence-electron chi connectivity index (χ3n) is 10.3. The first-order valence-electron chi connectivity index (χ1n) is 13.7. The molecule has 0 radical (unpaired) electrons. The van der Waals surface area contributed by atoms with Crippen LogP contribution < -0.4 is 9.47 Å². The fourth-order valence-corrected chi connectivity index (χ4v) is 8.26. The van der Waals surface area contributed by atoms with Gasteiger partial charge in [-0.15, -0.1) is 0 Å². The summed E-state index contributed by atoms with van der Waals surface area (Å²) in [5, 5.41) is 0.685. The summed E-state index contributed by atoms with van der Waals surface area (Å²) in [6.45, 7) is 6.63. The average Bonchev–Trinajstić information content (AvgIpc) is 3.26. The number of hydrogen-bond acceptors (Lipinski definition) is 5. The number of ether oxygens (including phenoxy) is 2. The van der Waals surface area contributed by atoms with Crippen molar-refractivity contribution < 1.29 is 19.1 Å². The van der Waals surface area contributed by atoms with Crippen LogP contribution in [0.2, 0.25) is 10.0 Å². The van der Waals surface area contributed by atoms with E-state index < -0.39 is 5.79 Å². The van der Waals surface area contributed by atoms with Crippen molar-refractivity contribution in [3.8, 4) is 11.5 Å². The van der Waals surface area contributed by atoms with E-state index in [0.717, 1.165) is 49.7 Å². The van der Waals surface area contributed by atoms with Crippen LogP contribution in [0.4, 0.5) is 0 Å². The standard InChI is InChI=1S/C30H36Cl2N2O4/c1-17-14-18(2)20(21(35)15-17)16-34-13-6-19-22(27(34)36)24(32)26-25(23(19)31)37-28(3,38-26)29-7-10-30(11-8-29,12-9-29)33(4)5/h14H,6-13,15-16H2,1-5H3. The summed E-state index contributed by atoms with van der Waals surface area (Å²) < 4.78 is 13.2. The molecule has 6 nitrogen and oxygen atoms in total. The van der Waals surface area contributed by atoms with Gasteiger partial charge in [-0.1, -0.05) is 34.9 Å². The Morgan fingerprint density at radius 1 is 0.974 bits per heavy atom. The van der Waals surface area contributed by atoms with Crippen LogP contribution in [0.3, 0.4) is 0 Å². The lowest BCUT2D eigenvalue weighted by atomic mass is 9.54. The number of carbonyl (C=O) groups is 2. The fourth-order valence-electron chi connectivity index (χ4n) is 7.63. The maximum Gasteiger partial charge on any atom is 0.256 e. The highest BCUT2D eigenvalue weighted by atomic mass is 35.5. The van der Waals surface area contributed by atoms with E-state index >= 15 is 0 Å². The number of rotatable bonds is 4. The summed E-state index contributed by atoms with van der Waals surface area (Å²) in [5.41, 5.74) is 3.85. The van der Waals surface area contributed by atoms with Crippen molar-refractivity contribution in [3.05, 3.63) is 44.0 Å². The number of benzene rings is 1. The van der Waals surface area contributed by atoms with Gasteiger partial charge in [0.25, 0.3) is 11.7 Å². The van der Waals surface area contributed by atoms with E-state index in [1.165, 1.54) is 0 Å². The summed E-state index contributed by atoms with van der Waals surface area (Å²) in [7, 11) is 4.37. The van der Waals surface area contributed by atoms with Crippen molar-refractivity contribution in [2.24, 2.45) is 5.41 Å². The molecule has 7 rings (SSSR count). The molecule has 3 fully saturated rings. The van der Waals surface area contributed by atoms with E-state index in [1.54, 1.807) is 4.90 Å². The van der Waals surface area contributed by atoms with Crippen LogP contribution in [-0.4, -0.2) is 60.0 Å². The molecule has 6 aliphatic rings. The van der Waals surface area contributed by atoms with Gasteiger partial charge in [0.15, 0.2) is 17.3 Å². The van der Waals surface area contributed by atoms with E-state index in [2.05, 4.69) is 19.0 Å². The van der Waals surface area contributed by atoms with Crippen molar-refractivity contribution in [1.29, 1.82) is 0 Å². The molecule has 3 saturated carbocycles. The van der Waals surface area contributed by atoms with Crippen molar-refractivity contribution in [3.63, 3.8) is 0 Å². The van der Waals surface area contributed by atoms with E-state index in [4.69, 9.17) is 32.7 Å². The summed E-state index contributed by atoms with van der Waals surface area (Å²) >= 11 is 13.9. The first kappa shape index (κ1) is 26.2. The van der Waals surface area contributed by atoms with Crippen molar-refractivity contribution in [2.45, 2.75) is 83.5 Å². The molecule has 1 unspecified atom stereocenters. The van der Waals surface area contributed by atoms with Gasteiger partial charge in [-0.2, -0.15) is 0 Å². The summed E-state index contributed by atoms with van der Waals surface area (Å²) in [5.74, 6) is -0.203. The van der Waals surface area contributed by atoms with Crippen LogP contribution in [-0.2, 0) is 11.2 Å². The molecule has 204 valence electrons. The number of halogens is 2. The normalized spacial score (nSPS) is 32.3. The van der Waals surface area contributed by atoms with Crippen LogP contribution in [0.5, 0.6) is 11.5 Å². The SMILES string of the molecule is CC1=CC(C)=C(CN2CCc3c(Cl)c4c(c(Cl)c3C2=O)OC(C)(C23CCC(N(C)C)(CC2)CC3)O4)C(=O)C1. The Kier molecular flexibility index (Phi) is 6.03. The first-order chi connectivity index (χ1) is 17.9. The molecule has 1 amide bonds. The van der Waals surface area contributed by atoms with Crippen molar-refractivity contribution >= 4 is 34.9 Å². The number of allylic oxidation sites excluding steroid dienone is 3. The number of amides is 1. The fraction of sp³-hybridized carbons (Fsp3) is 0.600. The first-order valence-corrected chi connectivity index (χ1v) is 14.4. The molecule has 0 spiro atoms. The van der Waals surface area contributed by atoms with Gasteiger partial charge in [-0.3, -0.25) is 9.59 Å². The molecule has 2 bridgehead atoms. The van der Waals surface area contributed by atoms with Crippen LogP contribution >= 0.6 is 23.2 Å². The molecular formula is C30H36Cl2N2O4. The van der Waals surface area contributed by atoms with Crippen LogP contribution in [0, 0.1) is 5.41 Å². The Hall–Kier alpha value is -2.02. The topological polar surface area (TPSA) is 59.1 Å².